The first-order valence-corrected chi connectivity index (χ1v) is 7.24. The fraction of sp³-hybridized carbons (Fsp3) is 0.571. The predicted molar refractivity (Wildman–Crippen MR) is 76.3 cm³/mol. The van der Waals surface area contributed by atoms with Crippen LogP contribution in [0.2, 0.25) is 0 Å². The fourth-order valence-corrected chi connectivity index (χ4v) is 2.72. The molecule has 0 unspecified atom stereocenters. The first kappa shape index (κ1) is 13.1. The van der Waals surface area contributed by atoms with E-state index in [1.165, 1.54) is 48.1 Å². The molecule has 0 saturated carbocycles. The standard InChI is InChI=1S/C14H21BrN2/c1-12-13(5-4-6-14(12)15)11-16-7-10-17-8-2-3-9-17/h4-6,16H,2-3,7-11H2,1H3. The van der Waals surface area contributed by atoms with Crippen molar-refractivity contribution in [1.82, 2.24) is 10.2 Å². The molecule has 0 aromatic heterocycles. The molecule has 0 aliphatic carbocycles. The van der Waals surface area contributed by atoms with Gasteiger partial charge < -0.3 is 10.2 Å². The van der Waals surface area contributed by atoms with E-state index in [-0.39, 0.29) is 0 Å². The van der Waals surface area contributed by atoms with E-state index >= 15 is 0 Å². The molecule has 2 nitrogen and oxygen atoms in total. The Balaban J connectivity index is 1.72. The summed E-state index contributed by atoms with van der Waals surface area (Å²) in [4.78, 5) is 2.54. The Bertz CT molecular complexity index is 359. The summed E-state index contributed by atoms with van der Waals surface area (Å²) in [7, 11) is 0. The summed E-state index contributed by atoms with van der Waals surface area (Å²) < 4.78 is 1.20. The highest BCUT2D eigenvalue weighted by molar-refractivity contribution is 9.10. The van der Waals surface area contributed by atoms with E-state index in [1.54, 1.807) is 0 Å². The van der Waals surface area contributed by atoms with Crippen LogP contribution in [0.4, 0.5) is 0 Å². The SMILES string of the molecule is Cc1c(Br)cccc1CNCCN1CCCC1. The van der Waals surface area contributed by atoms with Crippen molar-refractivity contribution in [2.24, 2.45) is 0 Å². The third kappa shape index (κ3) is 3.80. The fourth-order valence-electron chi connectivity index (χ4n) is 2.31. The van der Waals surface area contributed by atoms with Crippen molar-refractivity contribution in [2.45, 2.75) is 26.3 Å². The molecule has 1 aliphatic heterocycles. The minimum Gasteiger partial charge on any atom is -0.311 e. The molecule has 1 saturated heterocycles. The second-order valence-electron chi connectivity index (χ2n) is 4.75. The summed E-state index contributed by atoms with van der Waals surface area (Å²) in [6, 6.07) is 6.40. The number of benzene rings is 1. The number of likely N-dealkylation sites (tertiary alicyclic amines) is 1. The van der Waals surface area contributed by atoms with Gasteiger partial charge in [-0.3, -0.25) is 0 Å². The van der Waals surface area contributed by atoms with Crippen molar-refractivity contribution in [1.29, 1.82) is 0 Å². The second-order valence-corrected chi connectivity index (χ2v) is 5.60. The number of hydrogen-bond donors (Lipinski definition) is 1. The molecular formula is C14H21BrN2. The molecule has 1 aliphatic rings. The molecule has 1 N–H and O–H groups in total. The molecule has 1 aromatic carbocycles. The van der Waals surface area contributed by atoms with E-state index in [1.807, 2.05) is 0 Å². The van der Waals surface area contributed by atoms with Gasteiger partial charge in [0.2, 0.25) is 0 Å². The molecule has 0 amide bonds. The van der Waals surface area contributed by atoms with Crippen molar-refractivity contribution in [2.75, 3.05) is 26.2 Å². The molecule has 1 heterocycles. The highest BCUT2D eigenvalue weighted by Crippen LogP contribution is 2.19. The minimum atomic E-state index is 0.971. The summed E-state index contributed by atoms with van der Waals surface area (Å²) >= 11 is 3.57. The van der Waals surface area contributed by atoms with Gasteiger partial charge >= 0.3 is 0 Å². The third-order valence-electron chi connectivity index (χ3n) is 3.50. The monoisotopic (exact) mass is 296 g/mol. The van der Waals surface area contributed by atoms with Crippen molar-refractivity contribution in [3.8, 4) is 0 Å². The van der Waals surface area contributed by atoms with E-state index < -0.39 is 0 Å². The summed E-state index contributed by atoms with van der Waals surface area (Å²) in [6.07, 6.45) is 2.76. The molecular weight excluding hydrogens is 276 g/mol. The van der Waals surface area contributed by atoms with E-state index in [4.69, 9.17) is 0 Å². The molecule has 0 bridgehead atoms. The van der Waals surface area contributed by atoms with Crippen LogP contribution in [0.3, 0.4) is 0 Å². The van der Waals surface area contributed by atoms with Gasteiger partial charge in [0.05, 0.1) is 0 Å². The van der Waals surface area contributed by atoms with Crippen LogP contribution in [-0.4, -0.2) is 31.1 Å². The number of nitrogens with one attached hydrogen (secondary N) is 1. The van der Waals surface area contributed by atoms with Gasteiger partial charge in [0.1, 0.15) is 0 Å². The van der Waals surface area contributed by atoms with Gasteiger partial charge in [-0.1, -0.05) is 28.1 Å². The highest BCUT2D eigenvalue weighted by Gasteiger charge is 2.10. The Hall–Kier alpha value is -0.380. The molecule has 0 radical (unpaired) electrons. The predicted octanol–water partition coefficient (Wildman–Crippen LogP) is 2.94. The maximum Gasteiger partial charge on any atom is 0.0209 e. The maximum absolute atomic E-state index is 3.57. The normalized spacial score (nSPS) is 16.6. The average Bonchev–Trinajstić information content (AvgIpc) is 2.83. The number of hydrogen-bond acceptors (Lipinski definition) is 2. The van der Waals surface area contributed by atoms with Gasteiger partial charge in [-0.05, 0) is 50.0 Å². The zero-order chi connectivity index (χ0) is 12.1. The van der Waals surface area contributed by atoms with E-state index in [0.717, 1.165) is 13.1 Å². The lowest BCUT2D eigenvalue weighted by molar-refractivity contribution is 0.335. The largest absolute Gasteiger partial charge is 0.311 e. The molecule has 1 fully saturated rings. The summed E-state index contributed by atoms with van der Waals surface area (Å²) in [6.45, 7) is 7.99. The lowest BCUT2D eigenvalue weighted by Crippen LogP contribution is -2.29. The lowest BCUT2D eigenvalue weighted by atomic mass is 10.1. The topological polar surface area (TPSA) is 15.3 Å². The Morgan fingerprint density at radius 2 is 2.06 bits per heavy atom. The smallest absolute Gasteiger partial charge is 0.0209 e. The Kier molecular flexibility index (Phi) is 5.01. The summed E-state index contributed by atoms with van der Waals surface area (Å²) in [5.41, 5.74) is 2.74. The van der Waals surface area contributed by atoms with Crippen LogP contribution in [0.15, 0.2) is 22.7 Å². The number of rotatable bonds is 5. The van der Waals surface area contributed by atoms with E-state index in [2.05, 4.69) is 51.3 Å². The second kappa shape index (κ2) is 6.53. The van der Waals surface area contributed by atoms with E-state index in [9.17, 15) is 0 Å². The van der Waals surface area contributed by atoms with Gasteiger partial charge in [-0.25, -0.2) is 0 Å². The average molecular weight is 297 g/mol. The molecule has 0 atom stereocenters. The zero-order valence-electron chi connectivity index (χ0n) is 10.5. The first-order valence-electron chi connectivity index (χ1n) is 6.44. The van der Waals surface area contributed by atoms with Crippen LogP contribution in [0.25, 0.3) is 0 Å². The van der Waals surface area contributed by atoms with Crippen molar-refractivity contribution in [3.05, 3.63) is 33.8 Å². The van der Waals surface area contributed by atoms with Gasteiger partial charge in [0.25, 0.3) is 0 Å². The first-order chi connectivity index (χ1) is 8.27. The van der Waals surface area contributed by atoms with Crippen LogP contribution in [0.5, 0.6) is 0 Å². The van der Waals surface area contributed by atoms with Crippen molar-refractivity contribution >= 4 is 15.9 Å². The van der Waals surface area contributed by atoms with E-state index in [0.29, 0.717) is 0 Å². The van der Waals surface area contributed by atoms with Gasteiger partial charge in [0, 0.05) is 24.1 Å². The lowest BCUT2D eigenvalue weighted by Gasteiger charge is -2.15. The van der Waals surface area contributed by atoms with Crippen LogP contribution in [-0.2, 0) is 6.54 Å². The minimum absolute atomic E-state index is 0.971. The molecule has 0 spiro atoms. The zero-order valence-corrected chi connectivity index (χ0v) is 12.1. The highest BCUT2D eigenvalue weighted by atomic mass is 79.9. The van der Waals surface area contributed by atoms with Crippen LogP contribution < -0.4 is 5.32 Å². The third-order valence-corrected chi connectivity index (χ3v) is 4.36. The molecule has 1 aromatic rings. The summed E-state index contributed by atoms with van der Waals surface area (Å²) in [5.74, 6) is 0. The van der Waals surface area contributed by atoms with Gasteiger partial charge in [-0.15, -0.1) is 0 Å². The molecule has 17 heavy (non-hydrogen) atoms. The molecule has 94 valence electrons. The Labute approximate surface area is 113 Å². The maximum atomic E-state index is 3.57. The van der Waals surface area contributed by atoms with Crippen LogP contribution >= 0.6 is 15.9 Å². The Morgan fingerprint density at radius 3 is 2.82 bits per heavy atom. The van der Waals surface area contributed by atoms with Gasteiger partial charge in [0.15, 0.2) is 0 Å². The summed E-state index contributed by atoms with van der Waals surface area (Å²) in [5, 5.41) is 3.53. The van der Waals surface area contributed by atoms with Crippen molar-refractivity contribution < 1.29 is 0 Å². The molecule has 2 rings (SSSR count). The molecule has 3 heteroatoms. The van der Waals surface area contributed by atoms with Crippen LogP contribution in [0, 0.1) is 6.92 Å². The van der Waals surface area contributed by atoms with Crippen molar-refractivity contribution in [3.63, 3.8) is 0 Å². The van der Waals surface area contributed by atoms with Crippen LogP contribution in [0.1, 0.15) is 24.0 Å². The van der Waals surface area contributed by atoms with Gasteiger partial charge in [-0.2, -0.15) is 0 Å². The Morgan fingerprint density at radius 1 is 1.29 bits per heavy atom. The number of nitrogens with zero attached hydrogens (tertiary/aromatic N) is 1. The quantitative estimate of drug-likeness (QED) is 0.841. The number of halogens is 1.